The third-order valence-electron chi connectivity index (χ3n) is 1.83. The molecule has 0 radical (unpaired) electrons. The average Bonchev–Trinajstić information content (AvgIpc) is 2.27. The van der Waals surface area contributed by atoms with Crippen molar-refractivity contribution >= 4 is 12.0 Å². The predicted octanol–water partition coefficient (Wildman–Crippen LogP) is 0.355. The lowest BCUT2D eigenvalue weighted by atomic mass is 10.3. The van der Waals surface area contributed by atoms with E-state index in [9.17, 15) is 9.59 Å². The summed E-state index contributed by atoms with van der Waals surface area (Å²) >= 11 is 0. The first-order chi connectivity index (χ1) is 7.68. The van der Waals surface area contributed by atoms with E-state index in [1.807, 2.05) is 0 Å². The highest BCUT2D eigenvalue weighted by atomic mass is 16.4. The van der Waals surface area contributed by atoms with Gasteiger partial charge in [-0.05, 0) is 17.7 Å². The Hall–Kier alpha value is -2.11. The standard InChI is InChI=1S/C10H13N3O3/c14-9(15)3-6-12-10(16)13-7-8-1-4-11-5-2-8/h1-2,4-5H,3,6-7H2,(H,14,15)(H2,12,13,16). The Morgan fingerprint density at radius 3 is 2.56 bits per heavy atom. The molecule has 6 nitrogen and oxygen atoms in total. The van der Waals surface area contributed by atoms with Gasteiger partial charge < -0.3 is 15.7 Å². The number of nitrogens with zero attached hydrogens (tertiary/aromatic N) is 1. The van der Waals surface area contributed by atoms with Crippen LogP contribution in [0.25, 0.3) is 0 Å². The van der Waals surface area contributed by atoms with Gasteiger partial charge in [-0.3, -0.25) is 9.78 Å². The second kappa shape index (κ2) is 6.39. The van der Waals surface area contributed by atoms with Gasteiger partial charge in [0.15, 0.2) is 0 Å². The molecule has 2 amide bonds. The topological polar surface area (TPSA) is 91.3 Å². The first kappa shape index (κ1) is 12.0. The zero-order valence-electron chi connectivity index (χ0n) is 8.64. The van der Waals surface area contributed by atoms with Crippen molar-refractivity contribution in [2.45, 2.75) is 13.0 Å². The lowest BCUT2D eigenvalue weighted by Gasteiger charge is -2.06. The SMILES string of the molecule is O=C(O)CCNC(=O)NCc1ccncc1. The number of nitrogens with one attached hydrogen (secondary N) is 2. The molecule has 0 unspecified atom stereocenters. The minimum Gasteiger partial charge on any atom is -0.481 e. The van der Waals surface area contributed by atoms with E-state index in [-0.39, 0.29) is 19.0 Å². The molecule has 0 aromatic carbocycles. The summed E-state index contributed by atoms with van der Waals surface area (Å²) in [4.78, 5) is 25.2. The number of rotatable bonds is 5. The van der Waals surface area contributed by atoms with Crippen LogP contribution in [0.5, 0.6) is 0 Å². The summed E-state index contributed by atoms with van der Waals surface area (Å²) in [6.45, 7) is 0.513. The van der Waals surface area contributed by atoms with Crippen molar-refractivity contribution in [3.05, 3.63) is 30.1 Å². The van der Waals surface area contributed by atoms with Gasteiger partial charge in [-0.1, -0.05) is 0 Å². The van der Waals surface area contributed by atoms with Gasteiger partial charge in [0.25, 0.3) is 0 Å². The fourth-order valence-corrected chi connectivity index (χ4v) is 1.03. The molecule has 0 aliphatic rings. The lowest BCUT2D eigenvalue weighted by molar-refractivity contribution is -0.136. The van der Waals surface area contributed by atoms with Crippen LogP contribution >= 0.6 is 0 Å². The van der Waals surface area contributed by atoms with Crippen molar-refractivity contribution in [1.29, 1.82) is 0 Å². The van der Waals surface area contributed by atoms with Crippen LogP contribution in [-0.4, -0.2) is 28.6 Å². The first-order valence-electron chi connectivity index (χ1n) is 4.81. The third kappa shape index (κ3) is 4.94. The maximum absolute atomic E-state index is 11.2. The molecule has 0 fully saturated rings. The van der Waals surface area contributed by atoms with Gasteiger partial charge in [-0.15, -0.1) is 0 Å². The normalized spacial score (nSPS) is 9.50. The predicted molar refractivity (Wildman–Crippen MR) is 56.7 cm³/mol. The minimum atomic E-state index is -0.936. The van der Waals surface area contributed by atoms with Crippen LogP contribution in [-0.2, 0) is 11.3 Å². The number of pyridine rings is 1. The number of carbonyl (C=O) groups excluding carboxylic acids is 1. The quantitative estimate of drug-likeness (QED) is 0.672. The van der Waals surface area contributed by atoms with E-state index in [1.54, 1.807) is 24.5 Å². The van der Waals surface area contributed by atoms with Gasteiger partial charge >= 0.3 is 12.0 Å². The smallest absolute Gasteiger partial charge is 0.315 e. The summed E-state index contributed by atoms with van der Waals surface area (Å²) in [6, 6.07) is 3.20. The number of carboxylic acids is 1. The molecule has 0 saturated carbocycles. The summed E-state index contributed by atoms with van der Waals surface area (Å²) in [5.41, 5.74) is 0.934. The van der Waals surface area contributed by atoms with Crippen molar-refractivity contribution < 1.29 is 14.7 Å². The Kier molecular flexibility index (Phi) is 4.78. The molecule has 0 aliphatic carbocycles. The van der Waals surface area contributed by atoms with E-state index in [0.29, 0.717) is 6.54 Å². The van der Waals surface area contributed by atoms with Gasteiger partial charge in [0, 0.05) is 25.5 Å². The number of aliphatic carboxylic acids is 1. The zero-order valence-corrected chi connectivity index (χ0v) is 8.64. The lowest BCUT2D eigenvalue weighted by Crippen LogP contribution is -2.36. The van der Waals surface area contributed by atoms with Crippen LogP contribution in [0, 0.1) is 0 Å². The van der Waals surface area contributed by atoms with Crippen LogP contribution in [0.1, 0.15) is 12.0 Å². The summed E-state index contributed by atoms with van der Waals surface area (Å²) in [5.74, 6) is -0.936. The van der Waals surface area contributed by atoms with Gasteiger partial charge in [-0.2, -0.15) is 0 Å². The van der Waals surface area contributed by atoms with E-state index < -0.39 is 5.97 Å². The Morgan fingerprint density at radius 2 is 1.94 bits per heavy atom. The Balaban J connectivity index is 2.18. The van der Waals surface area contributed by atoms with Gasteiger partial charge in [-0.25, -0.2) is 4.79 Å². The second-order valence-electron chi connectivity index (χ2n) is 3.11. The van der Waals surface area contributed by atoms with Crippen molar-refractivity contribution in [2.75, 3.05) is 6.54 Å². The molecule has 1 heterocycles. The Bertz CT molecular complexity index is 354. The highest BCUT2D eigenvalue weighted by Crippen LogP contribution is 1.94. The Morgan fingerprint density at radius 1 is 1.25 bits per heavy atom. The number of hydrogen-bond donors (Lipinski definition) is 3. The van der Waals surface area contributed by atoms with Crippen LogP contribution in [0.15, 0.2) is 24.5 Å². The van der Waals surface area contributed by atoms with Crippen molar-refractivity contribution in [1.82, 2.24) is 15.6 Å². The van der Waals surface area contributed by atoms with E-state index in [2.05, 4.69) is 15.6 Å². The highest BCUT2D eigenvalue weighted by molar-refractivity contribution is 5.74. The summed E-state index contributed by atoms with van der Waals surface area (Å²) in [6.07, 6.45) is 3.20. The maximum Gasteiger partial charge on any atom is 0.315 e. The molecule has 0 spiro atoms. The number of carbonyl (C=O) groups is 2. The molecule has 0 saturated heterocycles. The summed E-state index contributed by atoms with van der Waals surface area (Å²) in [7, 11) is 0. The summed E-state index contributed by atoms with van der Waals surface area (Å²) in [5, 5.41) is 13.4. The second-order valence-corrected chi connectivity index (χ2v) is 3.11. The zero-order chi connectivity index (χ0) is 11.8. The largest absolute Gasteiger partial charge is 0.481 e. The van der Waals surface area contributed by atoms with Crippen LogP contribution < -0.4 is 10.6 Å². The van der Waals surface area contributed by atoms with Crippen molar-refractivity contribution in [2.24, 2.45) is 0 Å². The van der Waals surface area contributed by atoms with Crippen LogP contribution in [0.2, 0.25) is 0 Å². The summed E-state index contributed by atoms with van der Waals surface area (Å²) < 4.78 is 0. The fourth-order valence-electron chi connectivity index (χ4n) is 1.03. The number of hydrogen-bond acceptors (Lipinski definition) is 3. The van der Waals surface area contributed by atoms with E-state index in [0.717, 1.165) is 5.56 Å². The maximum atomic E-state index is 11.2. The van der Waals surface area contributed by atoms with Crippen molar-refractivity contribution in [3.8, 4) is 0 Å². The number of amides is 2. The number of carboxylic acid groups (broad SMARTS) is 1. The molecule has 0 aliphatic heterocycles. The van der Waals surface area contributed by atoms with Gasteiger partial charge in [0.05, 0.1) is 6.42 Å². The molecule has 1 rings (SSSR count). The third-order valence-corrected chi connectivity index (χ3v) is 1.83. The van der Waals surface area contributed by atoms with E-state index in [4.69, 9.17) is 5.11 Å². The molecule has 1 aromatic rings. The van der Waals surface area contributed by atoms with Crippen LogP contribution in [0.4, 0.5) is 4.79 Å². The van der Waals surface area contributed by atoms with Gasteiger partial charge in [0.1, 0.15) is 0 Å². The van der Waals surface area contributed by atoms with E-state index in [1.165, 1.54) is 0 Å². The molecule has 1 aromatic heterocycles. The fraction of sp³-hybridized carbons (Fsp3) is 0.300. The Labute approximate surface area is 92.7 Å². The molecule has 16 heavy (non-hydrogen) atoms. The molecule has 6 heteroatoms. The van der Waals surface area contributed by atoms with Gasteiger partial charge in [0.2, 0.25) is 0 Å². The average molecular weight is 223 g/mol. The molecular weight excluding hydrogens is 210 g/mol. The molecule has 0 bridgehead atoms. The number of urea groups is 1. The van der Waals surface area contributed by atoms with E-state index >= 15 is 0 Å². The minimum absolute atomic E-state index is 0.0807. The van der Waals surface area contributed by atoms with Crippen LogP contribution in [0.3, 0.4) is 0 Å². The van der Waals surface area contributed by atoms with Crippen molar-refractivity contribution in [3.63, 3.8) is 0 Å². The number of aromatic nitrogens is 1. The molecule has 86 valence electrons. The first-order valence-corrected chi connectivity index (χ1v) is 4.81. The molecular formula is C10H13N3O3. The molecule has 0 atom stereocenters. The highest BCUT2D eigenvalue weighted by Gasteiger charge is 2.01. The molecule has 3 N–H and O–H groups in total. The monoisotopic (exact) mass is 223 g/mol.